The summed E-state index contributed by atoms with van der Waals surface area (Å²) in [4.78, 5) is 36.8. The van der Waals surface area contributed by atoms with E-state index in [1.54, 1.807) is 23.3 Å². The number of hydrogen-bond acceptors (Lipinski definition) is 4. The van der Waals surface area contributed by atoms with E-state index in [2.05, 4.69) is 9.97 Å². The van der Waals surface area contributed by atoms with E-state index in [0.29, 0.717) is 24.7 Å². The number of amides is 1. The zero-order chi connectivity index (χ0) is 20.7. The first-order chi connectivity index (χ1) is 14.6. The Balaban J connectivity index is 1.45. The molecule has 0 bridgehead atoms. The van der Waals surface area contributed by atoms with Crippen molar-refractivity contribution in [2.75, 3.05) is 13.1 Å². The van der Waals surface area contributed by atoms with E-state index in [1.165, 1.54) is 32.1 Å². The van der Waals surface area contributed by atoms with Gasteiger partial charge in [-0.2, -0.15) is 0 Å². The molecule has 1 unspecified atom stereocenters. The number of aromatic nitrogens is 5. The minimum Gasteiger partial charge on any atom is -0.335 e. The molecule has 1 amide bonds. The van der Waals surface area contributed by atoms with Crippen LogP contribution < -0.4 is 5.69 Å². The Morgan fingerprint density at radius 3 is 2.80 bits per heavy atom. The van der Waals surface area contributed by atoms with E-state index in [4.69, 9.17) is 0 Å². The largest absolute Gasteiger partial charge is 0.335 e. The molecule has 1 aliphatic heterocycles. The third-order valence-corrected chi connectivity index (χ3v) is 6.74. The molecule has 2 fully saturated rings. The maximum absolute atomic E-state index is 13.5. The lowest BCUT2D eigenvalue weighted by Gasteiger charge is -2.21. The number of hydrogen-bond donors (Lipinski definition) is 0. The standard InChI is InChI=1S/C22H28N6O2/c1-25-15-23-12-19(25)21(29)26-11-9-17(14-26)28-20-18(8-5-10-24-20)27(22(28)30)13-16-6-3-2-4-7-16/h5,8,10,12,15-17H,2-4,6-7,9,11,13-14H2,1H3. The molecule has 0 spiro atoms. The Morgan fingerprint density at radius 2 is 2.03 bits per heavy atom. The Morgan fingerprint density at radius 1 is 1.20 bits per heavy atom. The van der Waals surface area contributed by atoms with Crippen LogP contribution >= 0.6 is 0 Å². The second kappa shape index (κ2) is 7.74. The lowest BCUT2D eigenvalue weighted by molar-refractivity contribution is 0.0778. The summed E-state index contributed by atoms with van der Waals surface area (Å²) in [5, 5.41) is 0. The summed E-state index contributed by atoms with van der Waals surface area (Å²) in [7, 11) is 1.82. The van der Waals surface area contributed by atoms with Gasteiger partial charge in [-0.1, -0.05) is 19.3 Å². The molecule has 2 aliphatic rings. The van der Waals surface area contributed by atoms with Crippen LogP contribution in [0.1, 0.15) is 55.1 Å². The molecule has 3 aromatic heterocycles. The molecular weight excluding hydrogens is 380 g/mol. The molecule has 1 saturated carbocycles. The number of carbonyl (C=O) groups is 1. The number of pyridine rings is 1. The molecule has 4 heterocycles. The average molecular weight is 409 g/mol. The van der Waals surface area contributed by atoms with E-state index in [0.717, 1.165) is 24.1 Å². The molecule has 0 aromatic carbocycles. The molecule has 1 saturated heterocycles. The maximum atomic E-state index is 13.5. The SMILES string of the molecule is Cn1cncc1C(=O)N1CCC(n2c(=O)n(CC3CCCCC3)c3cccnc32)C1. The number of nitrogens with zero attached hydrogens (tertiary/aromatic N) is 6. The van der Waals surface area contributed by atoms with E-state index >= 15 is 0 Å². The minimum atomic E-state index is -0.0558. The Bertz CT molecular complexity index is 1120. The van der Waals surface area contributed by atoms with Crippen molar-refractivity contribution in [3.63, 3.8) is 0 Å². The van der Waals surface area contributed by atoms with E-state index < -0.39 is 0 Å². The third-order valence-electron chi connectivity index (χ3n) is 6.74. The number of fused-ring (bicyclic) bond motifs is 1. The summed E-state index contributed by atoms with van der Waals surface area (Å²) < 4.78 is 5.48. The van der Waals surface area contributed by atoms with Gasteiger partial charge < -0.3 is 9.47 Å². The predicted octanol–water partition coefficient (Wildman–Crippen LogP) is 2.60. The van der Waals surface area contributed by atoms with Gasteiger partial charge in [0.1, 0.15) is 5.69 Å². The monoisotopic (exact) mass is 408 g/mol. The van der Waals surface area contributed by atoms with Gasteiger partial charge in [-0.25, -0.2) is 14.8 Å². The lowest BCUT2D eigenvalue weighted by Crippen LogP contribution is -2.33. The molecule has 8 nitrogen and oxygen atoms in total. The van der Waals surface area contributed by atoms with Crippen molar-refractivity contribution in [3.05, 3.63) is 47.0 Å². The predicted molar refractivity (Wildman–Crippen MR) is 113 cm³/mol. The molecule has 3 aromatic rings. The number of aryl methyl sites for hydroxylation is 1. The first-order valence-corrected chi connectivity index (χ1v) is 10.9. The molecular formula is C22H28N6O2. The highest BCUT2D eigenvalue weighted by molar-refractivity contribution is 5.92. The molecule has 158 valence electrons. The minimum absolute atomic E-state index is 0.00843. The zero-order valence-corrected chi connectivity index (χ0v) is 17.4. The second-order valence-corrected chi connectivity index (χ2v) is 8.70. The lowest BCUT2D eigenvalue weighted by atomic mass is 9.89. The molecule has 1 atom stereocenters. The smallest absolute Gasteiger partial charge is 0.330 e. The Kier molecular flexibility index (Phi) is 4.92. The van der Waals surface area contributed by atoms with E-state index in [9.17, 15) is 9.59 Å². The van der Waals surface area contributed by atoms with Gasteiger partial charge in [0.2, 0.25) is 0 Å². The van der Waals surface area contributed by atoms with Gasteiger partial charge in [0.15, 0.2) is 5.65 Å². The highest BCUT2D eigenvalue weighted by atomic mass is 16.2. The van der Waals surface area contributed by atoms with Crippen LogP contribution in [0.3, 0.4) is 0 Å². The topological polar surface area (TPSA) is 78.0 Å². The van der Waals surface area contributed by atoms with Crippen LogP contribution in [0, 0.1) is 5.92 Å². The van der Waals surface area contributed by atoms with Gasteiger partial charge in [-0.3, -0.25) is 13.9 Å². The van der Waals surface area contributed by atoms with E-state index in [1.807, 2.05) is 33.2 Å². The highest BCUT2D eigenvalue weighted by Crippen LogP contribution is 2.28. The molecule has 0 radical (unpaired) electrons. The van der Waals surface area contributed by atoms with Crippen LogP contribution in [0.4, 0.5) is 0 Å². The Hall–Kier alpha value is -2.90. The molecule has 0 N–H and O–H groups in total. The Labute approximate surface area is 175 Å². The van der Waals surface area contributed by atoms with Crippen molar-refractivity contribution in [2.24, 2.45) is 13.0 Å². The summed E-state index contributed by atoms with van der Waals surface area (Å²) in [5.41, 5.74) is 2.22. The number of rotatable bonds is 4. The summed E-state index contributed by atoms with van der Waals surface area (Å²) >= 11 is 0. The van der Waals surface area contributed by atoms with Crippen LogP contribution in [0.15, 0.2) is 35.6 Å². The van der Waals surface area contributed by atoms with Crippen LogP contribution in [0.25, 0.3) is 11.2 Å². The van der Waals surface area contributed by atoms with Gasteiger partial charge in [-0.05, 0) is 37.3 Å². The fourth-order valence-electron chi connectivity index (χ4n) is 5.10. The summed E-state index contributed by atoms with van der Waals surface area (Å²) in [5.74, 6) is 0.520. The normalized spacial score (nSPS) is 20.3. The number of carbonyl (C=O) groups excluding carboxylic acids is 1. The van der Waals surface area contributed by atoms with Gasteiger partial charge in [0.25, 0.3) is 5.91 Å². The zero-order valence-electron chi connectivity index (χ0n) is 17.4. The van der Waals surface area contributed by atoms with Crippen molar-refractivity contribution in [2.45, 2.75) is 51.1 Å². The fourth-order valence-corrected chi connectivity index (χ4v) is 5.10. The summed E-state index contributed by atoms with van der Waals surface area (Å²) in [6, 6.07) is 3.84. The van der Waals surface area contributed by atoms with Gasteiger partial charge in [0, 0.05) is 32.9 Å². The first kappa shape index (κ1) is 19.1. The van der Waals surface area contributed by atoms with Crippen molar-refractivity contribution in [1.82, 2.24) is 28.6 Å². The van der Waals surface area contributed by atoms with Gasteiger partial charge >= 0.3 is 5.69 Å². The molecule has 8 heteroatoms. The van der Waals surface area contributed by atoms with Crippen LogP contribution in [0.5, 0.6) is 0 Å². The molecule has 30 heavy (non-hydrogen) atoms. The average Bonchev–Trinajstić information content (AvgIpc) is 3.47. The van der Waals surface area contributed by atoms with Crippen LogP contribution in [0.2, 0.25) is 0 Å². The summed E-state index contributed by atoms with van der Waals surface area (Å²) in [6.45, 7) is 1.91. The van der Waals surface area contributed by atoms with Crippen molar-refractivity contribution < 1.29 is 4.79 Å². The van der Waals surface area contributed by atoms with Crippen molar-refractivity contribution in [3.8, 4) is 0 Å². The first-order valence-electron chi connectivity index (χ1n) is 10.9. The number of likely N-dealkylation sites (tertiary alicyclic amines) is 1. The van der Waals surface area contributed by atoms with Crippen LogP contribution in [-0.4, -0.2) is 47.6 Å². The quantitative estimate of drug-likeness (QED) is 0.665. The van der Waals surface area contributed by atoms with Gasteiger partial charge in [-0.15, -0.1) is 0 Å². The van der Waals surface area contributed by atoms with Crippen molar-refractivity contribution in [1.29, 1.82) is 0 Å². The van der Waals surface area contributed by atoms with Crippen molar-refractivity contribution >= 4 is 17.1 Å². The maximum Gasteiger partial charge on any atom is 0.330 e. The number of imidazole rings is 2. The molecule has 1 aliphatic carbocycles. The van der Waals surface area contributed by atoms with E-state index in [-0.39, 0.29) is 17.6 Å². The van der Waals surface area contributed by atoms with Crippen LogP contribution in [-0.2, 0) is 13.6 Å². The molecule has 5 rings (SSSR count). The van der Waals surface area contributed by atoms with Gasteiger partial charge in [0.05, 0.1) is 24.1 Å². The fraction of sp³-hybridized carbons (Fsp3) is 0.545. The summed E-state index contributed by atoms with van der Waals surface area (Å²) in [6.07, 6.45) is 11.9. The highest BCUT2D eigenvalue weighted by Gasteiger charge is 2.32. The third kappa shape index (κ3) is 3.24. The second-order valence-electron chi connectivity index (χ2n) is 8.70.